The van der Waals surface area contributed by atoms with Crippen LogP contribution in [0.1, 0.15) is 39.3 Å². The van der Waals surface area contributed by atoms with Crippen molar-refractivity contribution in [2.75, 3.05) is 10.7 Å². The lowest BCUT2D eigenvalue weighted by Gasteiger charge is -2.25. The van der Waals surface area contributed by atoms with Gasteiger partial charge in [0.05, 0.1) is 0 Å². The molecule has 0 fully saturated rings. The molecule has 2 aromatic rings. The van der Waals surface area contributed by atoms with E-state index in [1.54, 1.807) is 17.8 Å². The summed E-state index contributed by atoms with van der Waals surface area (Å²) >= 11 is 7.85. The molecule has 0 bridgehead atoms. The molecule has 22 heavy (non-hydrogen) atoms. The van der Waals surface area contributed by atoms with E-state index in [-0.39, 0.29) is 11.3 Å². The van der Waals surface area contributed by atoms with Crippen LogP contribution in [0.3, 0.4) is 0 Å². The van der Waals surface area contributed by atoms with E-state index in [0.717, 1.165) is 33.7 Å². The van der Waals surface area contributed by atoms with Crippen molar-refractivity contribution in [1.29, 1.82) is 0 Å². The smallest absolute Gasteiger partial charge is 0.259 e. The maximum absolute atomic E-state index is 12.9. The molecule has 1 unspecified atom stereocenters. The summed E-state index contributed by atoms with van der Waals surface area (Å²) < 4.78 is 0. The highest BCUT2D eigenvalue weighted by atomic mass is 35.5. The Morgan fingerprint density at radius 3 is 2.45 bits per heavy atom. The summed E-state index contributed by atoms with van der Waals surface area (Å²) in [5.41, 5.74) is 5.06. The van der Waals surface area contributed by atoms with Crippen LogP contribution >= 0.6 is 23.4 Å². The minimum absolute atomic E-state index is 0.0194. The first-order chi connectivity index (χ1) is 10.5. The molecule has 2 aromatic carbocycles. The first-order valence-electron chi connectivity index (χ1n) is 7.34. The Kier molecular flexibility index (Phi) is 4.20. The normalized spacial score (nSPS) is 17.0. The van der Waals surface area contributed by atoms with Crippen LogP contribution in [0.5, 0.6) is 0 Å². The molecule has 3 rings (SSSR count). The van der Waals surface area contributed by atoms with Crippen molar-refractivity contribution in [3.8, 4) is 0 Å². The van der Waals surface area contributed by atoms with Crippen LogP contribution in [0.25, 0.3) is 0 Å². The zero-order chi connectivity index (χ0) is 15.9. The fraction of sp³-hybridized carbons (Fsp3) is 0.278. The van der Waals surface area contributed by atoms with Gasteiger partial charge in [-0.25, -0.2) is 0 Å². The topological polar surface area (TPSA) is 20.3 Å². The van der Waals surface area contributed by atoms with Gasteiger partial charge in [0.15, 0.2) is 0 Å². The van der Waals surface area contributed by atoms with E-state index in [0.29, 0.717) is 5.02 Å². The molecular weight excluding hydrogens is 314 g/mol. The van der Waals surface area contributed by atoms with E-state index in [2.05, 4.69) is 39.0 Å². The molecule has 1 heterocycles. The molecule has 114 valence electrons. The second-order valence-electron chi connectivity index (χ2n) is 5.56. The highest BCUT2D eigenvalue weighted by molar-refractivity contribution is 7.99. The van der Waals surface area contributed by atoms with Crippen molar-refractivity contribution in [3.63, 3.8) is 0 Å². The number of hydrogen-bond donors (Lipinski definition) is 0. The van der Waals surface area contributed by atoms with Gasteiger partial charge in [-0.1, -0.05) is 30.7 Å². The number of carbonyl (C=O) groups is 1. The van der Waals surface area contributed by atoms with Gasteiger partial charge >= 0.3 is 0 Å². The van der Waals surface area contributed by atoms with Gasteiger partial charge in [-0.05, 0) is 60.6 Å². The van der Waals surface area contributed by atoms with Crippen LogP contribution < -0.4 is 4.90 Å². The number of halogens is 1. The lowest BCUT2D eigenvalue weighted by molar-refractivity contribution is 0.0996. The van der Waals surface area contributed by atoms with Crippen LogP contribution in [0, 0.1) is 13.8 Å². The minimum Gasteiger partial charge on any atom is -0.292 e. The summed E-state index contributed by atoms with van der Waals surface area (Å²) in [6, 6.07) is 11.9. The number of nitrogens with zero attached hydrogens (tertiary/aromatic N) is 1. The first-order valence-corrected chi connectivity index (χ1v) is 8.77. The molecule has 0 radical (unpaired) electrons. The van der Waals surface area contributed by atoms with Crippen molar-refractivity contribution in [1.82, 2.24) is 0 Å². The summed E-state index contributed by atoms with van der Waals surface area (Å²) in [4.78, 5) is 14.8. The molecule has 1 aliphatic heterocycles. The molecule has 0 spiro atoms. The Labute approximate surface area is 140 Å². The summed E-state index contributed by atoms with van der Waals surface area (Å²) in [7, 11) is 0. The largest absolute Gasteiger partial charge is 0.292 e. The molecule has 0 aliphatic carbocycles. The van der Waals surface area contributed by atoms with Gasteiger partial charge in [0.2, 0.25) is 0 Å². The van der Waals surface area contributed by atoms with Crippen molar-refractivity contribution in [2.24, 2.45) is 0 Å². The Hall–Kier alpha value is -1.45. The van der Waals surface area contributed by atoms with Crippen molar-refractivity contribution in [3.05, 3.63) is 63.7 Å². The van der Waals surface area contributed by atoms with Crippen LogP contribution in [0.15, 0.2) is 36.4 Å². The maximum Gasteiger partial charge on any atom is 0.259 e. The highest BCUT2D eigenvalue weighted by Gasteiger charge is 2.37. The monoisotopic (exact) mass is 331 g/mol. The highest BCUT2D eigenvalue weighted by Crippen LogP contribution is 2.44. The average molecular weight is 332 g/mol. The van der Waals surface area contributed by atoms with Gasteiger partial charge in [-0.15, -0.1) is 11.8 Å². The molecule has 0 N–H and O–H groups in total. The minimum atomic E-state index is 0.0194. The van der Waals surface area contributed by atoms with E-state index < -0.39 is 0 Å². The van der Waals surface area contributed by atoms with E-state index >= 15 is 0 Å². The molecule has 2 nitrogen and oxygen atoms in total. The Morgan fingerprint density at radius 2 is 1.82 bits per heavy atom. The van der Waals surface area contributed by atoms with E-state index in [1.807, 2.05) is 17.0 Å². The third kappa shape index (κ3) is 2.64. The number of rotatable bonds is 3. The van der Waals surface area contributed by atoms with E-state index in [9.17, 15) is 4.79 Å². The average Bonchev–Trinajstić information content (AvgIpc) is 2.71. The Balaban J connectivity index is 2.12. The molecule has 0 saturated carbocycles. The number of fused-ring (bicyclic) bond motifs is 1. The number of aryl methyl sites for hydroxylation is 2. The van der Waals surface area contributed by atoms with Gasteiger partial charge in [0, 0.05) is 16.3 Å². The van der Waals surface area contributed by atoms with Gasteiger partial charge < -0.3 is 0 Å². The maximum atomic E-state index is 12.9. The number of benzene rings is 2. The third-order valence-electron chi connectivity index (χ3n) is 3.77. The quantitative estimate of drug-likeness (QED) is 0.753. The standard InChI is InChI=1S/C18H18ClNOS/c1-4-22-18-15-6-5-13(19)10-16(15)17(21)20(18)14-8-11(2)7-12(3)9-14/h5-10,18H,4H2,1-3H3. The van der Waals surface area contributed by atoms with Gasteiger partial charge in [-0.2, -0.15) is 0 Å². The SMILES string of the molecule is CCSC1c2ccc(Cl)cc2C(=O)N1c1cc(C)cc(C)c1. The van der Waals surface area contributed by atoms with E-state index in [1.165, 1.54) is 0 Å². The van der Waals surface area contributed by atoms with E-state index in [4.69, 9.17) is 11.6 Å². The number of amides is 1. The Bertz CT molecular complexity index is 724. The lowest BCUT2D eigenvalue weighted by atomic mass is 10.1. The fourth-order valence-electron chi connectivity index (χ4n) is 2.97. The summed E-state index contributed by atoms with van der Waals surface area (Å²) in [6.45, 7) is 6.23. The van der Waals surface area contributed by atoms with Crippen molar-refractivity contribution >= 4 is 35.0 Å². The lowest BCUT2D eigenvalue weighted by Crippen LogP contribution is -2.26. The van der Waals surface area contributed by atoms with Gasteiger partial charge in [0.25, 0.3) is 5.91 Å². The molecule has 1 aliphatic rings. The van der Waals surface area contributed by atoms with Gasteiger partial charge in [-0.3, -0.25) is 9.69 Å². The predicted octanol–water partition coefficient (Wildman–Crippen LogP) is 5.37. The number of carbonyl (C=O) groups excluding carboxylic acids is 1. The van der Waals surface area contributed by atoms with Crippen LogP contribution in [0.4, 0.5) is 5.69 Å². The van der Waals surface area contributed by atoms with Crippen LogP contribution in [-0.2, 0) is 0 Å². The predicted molar refractivity (Wildman–Crippen MR) is 95.1 cm³/mol. The zero-order valence-corrected chi connectivity index (χ0v) is 14.5. The van der Waals surface area contributed by atoms with Crippen LogP contribution in [0.2, 0.25) is 5.02 Å². The molecule has 0 aromatic heterocycles. The summed E-state index contributed by atoms with van der Waals surface area (Å²) in [5.74, 6) is 0.981. The van der Waals surface area contributed by atoms with Crippen molar-refractivity contribution in [2.45, 2.75) is 26.1 Å². The molecule has 0 saturated heterocycles. The second-order valence-corrected chi connectivity index (χ2v) is 7.35. The summed E-state index contributed by atoms with van der Waals surface area (Å²) in [6.07, 6.45) is 0. The van der Waals surface area contributed by atoms with Crippen molar-refractivity contribution < 1.29 is 4.79 Å². The molecule has 1 atom stereocenters. The number of thioether (sulfide) groups is 1. The number of anilines is 1. The molecule has 4 heteroatoms. The fourth-order valence-corrected chi connectivity index (χ4v) is 4.21. The summed E-state index contributed by atoms with van der Waals surface area (Å²) in [5, 5.41) is 0.626. The number of hydrogen-bond acceptors (Lipinski definition) is 2. The first kappa shape index (κ1) is 15.4. The Morgan fingerprint density at radius 1 is 1.14 bits per heavy atom. The second kappa shape index (κ2) is 5.98. The van der Waals surface area contributed by atoms with Crippen LogP contribution in [-0.4, -0.2) is 11.7 Å². The zero-order valence-electron chi connectivity index (χ0n) is 12.9. The molecular formula is C18H18ClNOS. The van der Waals surface area contributed by atoms with Gasteiger partial charge in [0.1, 0.15) is 5.37 Å². The third-order valence-corrected chi connectivity index (χ3v) is 5.12. The molecule has 1 amide bonds.